The summed E-state index contributed by atoms with van der Waals surface area (Å²) < 4.78 is 41.3. The second-order valence-electron chi connectivity index (χ2n) is 4.87. The Labute approximate surface area is 125 Å². The topological polar surface area (TPSA) is 50.2 Å². The summed E-state index contributed by atoms with van der Waals surface area (Å²) in [6, 6.07) is 1.10. The molecule has 2 aromatic rings. The van der Waals surface area contributed by atoms with Crippen LogP contribution in [0.2, 0.25) is 0 Å². The van der Waals surface area contributed by atoms with Crippen molar-refractivity contribution in [1.82, 2.24) is 14.7 Å². The first-order valence-corrected chi connectivity index (χ1v) is 6.46. The first-order valence-electron chi connectivity index (χ1n) is 6.46. The van der Waals surface area contributed by atoms with Crippen LogP contribution in [0.5, 0.6) is 0 Å². The lowest BCUT2D eigenvalue weighted by Crippen LogP contribution is -2.32. The molecule has 0 bridgehead atoms. The zero-order chi connectivity index (χ0) is 16.3. The number of amides is 1. The second-order valence-corrected chi connectivity index (χ2v) is 4.87. The minimum absolute atomic E-state index is 0.309. The van der Waals surface area contributed by atoms with Gasteiger partial charge in [-0.1, -0.05) is 0 Å². The van der Waals surface area contributed by atoms with E-state index in [0.29, 0.717) is 18.7 Å². The zero-order valence-electron chi connectivity index (χ0n) is 12.1. The molecule has 1 amide bonds. The number of benzene rings is 1. The van der Waals surface area contributed by atoms with Crippen molar-refractivity contribution in [2.75, 3.05) is 18.9 Å². The molecule has 1 N–H and O–H groups in total. The highest BCUT2D eigenvalue weighted by atomic mass is 19.1. The van der Waals surface area contributed by atoms with Crippen molar-refractivity contribution in [2.45, 2.75) is 6.54 Å². The largest absolute Gasteiger partial charge is 0.371 e. The third kappa shape index (κ3) is 3.78. The van der Waals surface area contributed by atoms with Crippen molar-refractivity contribution < 1.29 is 18.0 Å². The number of carbonyl (C=O) groups is 1. The second kappa shape index (κ2) is 6.50. The Bertz CT molecular complexity index is 663. The van der Waals surface area contributed by atoms with Gasteiger partial charge in [-0.3, -0.25) is 9.48 Å². The van der Waals surface area contributed by atoms with Gasteiger partial charge >= 0.3 is 0 Å². The predicted molar refractivity (Wildman–Crippen MR) is 74.5 cm³/mol. The van der Waals surface area contributed by atoms with E-state index in [2.05, 4.69) is 10.4 Å². The van der Waals surface area contributed by atoms with Gasteiger partial charge in [0.2, 0.25) is 5.91 Å². The van der Waals surface area contributed by atoms with Gasteiger partial charge in [0.05, 0.1) is 12.7 Å². The van der Waals surface area contributed by atoms with Crippen LogP contribution in [0.25, 0.3) is 0 Å². The molecule has 118 valence electrons. The number of hydrogen-bond donors (Lipinski definition) is 1. The number of hydrogen-bond acceptors (Lipinski definition) is 3. The molecular formula is C14H15F3N4O. The van der Waals surface area contributed by atoms with Gasteiger partial charge in [-0.2, -0.15) is 5.10 Å². The fourth-order valence-corrected chi connectivity index (χ4v) is 1.93. The van der Waals surface area contributed by atoms with E-state index in [0.717, 1.165) is 5.56 Å². The maximum atomic E-state index is 13.4. The maximum Gasteiger partial charge on any atom is 0.241 e. The Morgan fingerprint density at radius 3 is 2.50 bits per heavy atom. The van der Waals surface area contributed by atoms with Gasteiger partial charge in [-0.25, -0.2) is 13.2 Å². The number of rotatable bonds is 5. The zero-order valence-corrected chi connectivity index (χ0v) is 12.1. The number of halogens is 3. The molecule has 1 aromatic carbocycles. The summed E-state index contributed by atoms with van der Waals surface area (Å²) in [5.74, 6) is -3.55. The van der Waals surface area contributed by atoms with E-state index in [1.54, 1.807) is 31.2 Å². The fraction of sp³-hybridized carbons (Fsp3) is 0.286. The number of likely N-dealkylation sites (N-methyl/N-ethyl adjacent to an activating group) is 1. The number of aryl methyl sites for hydroxylation is 1. The standard InChI is InChI=1S/C14H15F3N4O/c1-20(7-9-5-19-21(2)8-9)13(22)6-18-14-11(16)3-10(15)4-12(14)17/h3-5,8,18H,6-7H2,1-2H3. The molecule has 1 heterocycles. The number of anilines is 1. The Morgan fingerprint density at radius 1 is 1.32 bits per heavy atom. The molecule has 0 aliphatic heterocycles. The van der Waals surface area contributed by atoms with Crippen molar-refractivity contribution in [3.63, 3.8) is 0 Å². The van der Waals surface area contributed by atoms with Crippen LogP contribution in [-0.2, 0) is 18.4 Å². The van der Waals surface area contributed by atoms with Crippen LogP contribution in [0.1, 0.15) is 5.56 Å². The Balaban J connectivity index is 1.95. The molecular weight excluding hydrogens is 297 g/mol. The quantitative estimate of drug-likeness (QED) is 0.917. The van der Waals surface area contributed by atoms with Gasteiger partial charge in [0, 0.05) is 44.5 Å². The highest BCUT2D eigenvalue weighted by Crippen LogP contribution is 2.19. The summed E-state index contributed by atoms with van der Waals surface area (Å²) in [5.41, 5.74) is 0.307. The van der Waals surface area contributed by atoms with Gasteiger partial charge in [-0.05, 0) is 0 Å². The predicted octanol–water partition coefficient (Wildman–Crippen LogP) is 1.91. The number of carbonyl (C=O) groups excluding carboxylic acids is 1. The van der Waals surface area contributed by atoms with Crippen molar-refractivity contribution in [2.24, 2.45) is 7.05 Å². The maximum absolute atomic E-state index is 13.4. The summed E-state index contributed by atoms with van der Waals surface area (Å²) in [6.07, 6.45) is 3.38. The highest BCUT2D eigenvalue weighted by molar-refractivity contribution is 5.80. The van der Waals surface area contributed by atoms with Crippen LogP contribution in [-0.4, -0.2) is 34.2 Å². The summed E-state index contributed by atoms with van der Waals surface area (Å²) in [5, 5.41) is 6.33. The minimum Gasteiger partial charge on any atom is -0.371 e. The molecule has 0 atom stereocenters. The van der Waals surface area contributed by atoms with E-state index in [9.17, 15) is 18.0 Å². The summed E-state index contributed by atoms with van der Waals surface area (Å²) in [7, 11) is 3.32. The van der Waals surface area contributed by atoms with E-state index in [4.69, 9.17) is 0 Å². The summed E-state index contributed by atoms with van der Waals surface area (Å²) in [6.45, 7) is 0.0129. The molecule has 5 nitrogen and oxygen atoms in total. The van der Waals surface area contributed by atoms with E-state index in [1.807, 2.05) is 0 Å². The fourth-order valence-electron chi connectivity index (χ4n) is 1.93. The minimum atomic E-state index is -1.08. The average Bonchev–Trinajstić information content (AvgIpc) is 2.82. The van der Waals surface area contributed by atoms with Crippen LogP contribution in [0.15, 0.2) is 24.5 Å². The molecule has 0 unspecified atom stereocenters. The molecule has 2 rings (SSSR count). The number of nitrogens with one attached hydrogen (secondary N) is 1. The van der Waals surface area contributed by atoms with Crippen molar-refractivity contribution in [3.05, 3.63) is 47.5 Å². The van der Waals surface area contributed by atoms with Gasteiger partial charge < -0.3 is 10.2 Å². The average molecular weight is 312 g/mol. The lowest BCUT2D eigenvalue weighted by Gasteiger charge is -2.17. The Kier molecular flexibility index (Phi) is 4.69. The molecule has 1 aromatic heterocycles. The first kappa shape index (κ1) is 15.9. The van der Waals surface area contributed by atoms with Gasteiger partial charge in [-0.15, -0.1) is 0 Å². The number of nitrogens with zero attached hydrogens (tertiary/aromatic N) is 3. The molecule has 8 heteroatoms. The Morgan fingerprint density at radius 2 is 1.95 bits per heavy atom. The van der Waals surface area contributed by atoms with Gasteiger partial charge in [0.15, 0.2) is 11.6 Å². The van der Waals surface area contributed by atoms with Crippen LogP contribution in [0.4, 0.5) is 18.9 Å². The summed E-state index contributed by atoms with van der Waals surface area (Å²) >= 11 is 0. The molecule has 22 heavy (non-hydrogen) atoms. The van der Waals surface area contributed by atoms with Crippen molar-refractivity contribution in [3.8, 4) is 0 Å². The molecule has 0 radical (unpaired) electrons. The van der Waals surface area contributed by atoms with Crippen molar-refractivity contribution >= 4 is 11.6 Å². The van der Waals surface area contributed by atoms with Crippen LogP contribution < -0.4 is 5.32 Å². The van der Waals surface area contributed by atoms with Crippen molar-refractivity contribution in [1.29, 1.82) is 0 Å². The van der Waals surface area contributed by atoms with E-state index < -0.39 is 23.1 Å². The SMILES string of the molecule is CN(Cc1cnn(C)c1)C(=O)CNc1c(F)cc(F)cc1F. The van der Waals surface area contributed by atoms with Crippen LogP contribution in [0.3, 0.4) is 0 Å². The Hall–Kier alpha value is -2.51. The summed E-state index contributed by atoms with van der Waals surface area (Å²) in [4.78, 5) is 13.3. The van der Waals surface area contributed by atoms with Crippen LogP contribution >= 0.6 is 0 Å². The highest BCUT2D eigenvalue weighted by Gasteiger charge is 2.15. The molecule has 0 saturated carbocycles. The first-order chi connectivity index (χ1) is 10.4. The normalized spacial score (nSPS) is 10.6. The smallest absolute Gasteiger partial charge is 0.241 e. The van der Waals surface area contributed by atoms with Crippen LogP contribution in [0, 0.1) is 17.5 Å². The molecule has 0 fully saturated rings. The third-order valence-corrected chi connectivity index (χ3v) is 3.03. The lowest BCUT2D eigenvalue weighted by molar-refractivity contribution is -0.128. The molecule has 0 aliphatic carbocycles. The molecule has 0 saturated heterocycles. The van der Waals surface area contributed by atoms with E-state index in [-0.39, 0.29) is 12.5 Å². The molecule has 0 aliphatic rings. The van der Waals surface area contributed by atoms with E-state index in [1.165, 1.54) is 4.90 Å². The van der Waals surface area contributed by atoms with Gasteiger partial charge in [0.25, 0.3) is 0 Å². The lowest BCUT2D eigenvalue weighted by atomic mass is 10.2. The number of aromatic nitrogens is 2. The van der Waals surface area contributed by atoms with Gasteiger partial charge in [0.1, 0.15) is 11.5 Å². The third-order valence-electron chi connectivity index (χ3n) is 3.03. The molecule has 0 spiro atoms. The monoisotopic (exact) mass is 312 g/mol. The van der Waals surface area contributed by atoms with E-state index >= 15 is 0 Å².